The Kier molecular flexibility index (Phi) is 8.97. The van der Waals surface area contributed by atoms with Gasteiger partial charge in [0.15, 0.2) is 5.11 Å². The standard InChI is InChI=1S/C26H26N2O4S/c1-2-3-17-31-25(30)21-9-13-22(14-10-21)27-26(33)28-24(29)20-11-15-23(16-12-20)32-18-19-7-5-4-6-8-19/h4-16H,2-3,17-18H2,1H3,(H2,27,28,29,33). The minimum Gasteiger partial charge on any atom is -0.489 e. The van der Waals surface area contributed by atoms with Gasteiger partial charge in [0, 0.05) is 11.3 Å². The van der Waals surface area contributed by atoms with Crippen molar-refractivity contribution in [1.82, 2.24) is 5.32 Å². The summed E-state index contributed by atoms with van der Waals surface area (Å²) < 4.78 is 10.9. The quantitative estimate of drug-likeness (QED) is 0.254. The van der Waals surface area contributed by atoms with Crippen molar-refractivity contribution in [2.45, 2.75) is 26.4 Å². The molecule has 6 nitrogen and oxygen atoms in total. The summed E-state index contributed by atoms with van der Waals surface area (Å²) in [6.45, 7) is 2.90. The number of benzene rings is 3. The molecule has 0 radical (unpaired) electrons. The molecule has 0 heterocycles. The number of nitrogens with one attached hydrogen (secondary N) is 2. The van der Waals surface area contributed by atoms with Crippen LogP contribution in [0, 0.1) is 0 Å². The summed E-state index contributed by atoms with van der Waals surface area (Å²) in [5.41, 5.74) is 2.63. The minimum absolute atomic E-state index is 0.155. The highest BCUT2D eigenvalue weighted by Crippen LogP contribution is 2.15. The molecule has 170 valence electrons. The molecule has 0 saturated carbocycles. The van der Waals surface area contributed by atoms with E-state index in [1.807, 2.05) is 37.3 Å². The fourth-order valence-electron chi connectivity index (χ4n) is 2.86. The molecule has 0 unspecified atom stereocenters. The number of unbranched alkanes of at least 4 members (excludes halogenated alkanes) is 1. The molecule has 0 aliphatic carbocycles. The maximum Gasteiger partial charge on any atom is 0.338 e. The molecule has 0 aromatic heterocycles. The minimum atomic E-state index is -0.359. The Labute approximate surface area is 198 Å². The number of thiocarbonyl (C=S) groups is 1. The van der Waals surface area contributed by atoms with Crippen LogP contribution >= 0.6 is 12.2 Å². The Hall–Kier alpha value is -3.71. The van der Waals surface area contributed by atoms with E-state index in [4.69, 9.17) is 21.7 Å². The molecular weight excluding hydrogens is 436 g/mol. The van der Waals surface area contributed by atoms with E-state index in [9.17, 15) is 9.59 Å². The van der Waals surface area contributed by atoms with E-state index < -0.39 is 0 Å². The molecule has 0 spiro atoms. The van der Waals surface area contributed by atoms with Crippen LogP contribution in [0.4, 0.5) is 5.69 Å². The molecule has 0 bridgehead atoms. The summed E-state index contributed by atoms with van der Waals surface area (Å²) in [7, 11) is 0. The van der Waals surface area contributed by atoms with Gasteiger partial charge in [0.2, 0.25) is 0 Å². The van der Waals surface area contributed by atoms with E-state index in [1.54, 1.807) is 48.5 Å². The van der Waals surface area contributed by atoms with Crippen molar-refractivity contribution < 1.29 is 19.1 Å². The van der Waals surface area contributed by atoms with Gasteiger partial charge in [-0.15, -0.1) is 0 Å². The van der Waals surface area contributed by atoms with Gasteiger partial charge in [-0.3, -0.25) is 10.1 Å². The van der Waals surface area contributed by atoms with Gasteiger partial charge in [-0.2, -0.15) is 0 Å². The lowest BCUT2D eigenvalue weighted by Gasteiger charge is -2.11. The number of esters is 1. The molecule has 0 aliphatic rings. The van der Waals surface area contributed by atoms with Crippen LogP contribution in [0.3, 0.4) is 0 Å². The zero-order valence-corrected chi connectivity index (χ0v) is 19.2. The topological polar surface area (TPSA) is 76.7 Å². The van der Waals surface area contributed by atoms with Crippen molar-refractivity contribution in [3.63, 3.8) is 0 Å². The van der Waals surface area contributed by atoms with Crippen LogP contribution in [0.1, 0.15) is 46.0 Å². The van der Waals surface area contributed by atoms with Gasteiger partial charge in [-0.1, -0.05) is 43.7 Å². The van der Waals surface area contributed by atoms with E-state index in [0.29, 0.717) is 35.8 Å². The number of amides is 1. The number of carbonyl (C=O) groups is 2. The van der Waals surface area contributed by atoms with Crippen LogP contribution in [0.25, 0.3) is 0 Å². The van der Waals surface area contributed by atoms with Gasteiger partial charge in [-0.05, 0) is 72.7 Å². The number of ether oxygens (including phenoxy) is 2. The second kappa shape index (κ2) is 12.4. The summed E-state index contributed by atoms with van der Waals surface area (Å²) in [5, 5.41) is 5.73. The lowest BCUT2D eigenvalue weighted by atomic mass is 10.2. The van der Waals surface area contributed by atoms with Crippen LogP contribution in [0.2, 0.25) is 0 Å². The fourth-order valence-corrected chi connectivity index (χ4v) is 3.07. The van der Waals surface area contributed by atoms with Crippen molar-refractivity contribution in [2.24, 2.45) is 0 Å². The summed E-state index contributed by atoms with van der Waals surface area (Å²) in [6, 6.07) is 23.4. The summed E-state index contributed by atoms with van der Waals surface area (Å²) >= 11 is 5.23. The van der Waals surface area contributed by atoms with Gasteiger partial charge in [-0.25, -0.2) is 4.79 Å². The van der Waals surface area contributed by atoms with E-state index in [2.05, 4.69) is 10.6 Å². The van der Waals surface area contributed by atoms with Crippen LogP contribution in [0.5, 0.6) is 5.75 Å². The Bertz CT molecular complexity index is 1070. The van der Waals surface area contributed by atoms with Gasteiger partial charge in [0.1, 0.15) is 12.4 Å². The third-order valence-electron chi connectivity index (χ3n) is 4.70. The van der Waals surface area contributed by atoms with Crippen molar-refractivity contribution in [2.75, 3.05) is 11.9 Å². The predicted octanol–water partition coefficient (Wildman–Crippen LogP) is 5.35. The second-order valence-electron chi connectivity index (χ2n) is 7.27. The van der Waals surface area contributed by atoms with E-state index >= 15 is 0 Å². The normalized spacial score (nSPS) is 10.2. The number of carbonyl (C=O) groups excluding carboxylic acids is 2. The van der Waals surface area contributed by atoms with E-state index in [1.165, 1.54) is 0 Å². The molecule has 3 aromatic rings. The summed E-state index contributed by atoms with van der Waals surface area (Å²) in [4.78, 5) is 24.4. The van der Waals surface area contributed by atoms with Gasteiger partial charge < -0.3 is 14.8 Å². The zero-order valence-electron chi connectivity index (χ0n) is 18.4. The van der Waals surface area contributed by atoms with Crippen molar-refractivity contribution >= 4 is 34.9 Å². The summed E-state index contributed by atoms with van der Waals surface area (Å²) in [5.74, 6) is -0.0234. The molecule has 0 aliphatic heterocycles. The number of hydrogen-bond donors (Lipinski definition) is 2. The Morgan fingerprint density at radius 2 is 1.55 bits per heavy atom. The highest BCUT2D eigenvalue weighted by Gasteiger charge is 2.10. The molecule has 7 heteroatoms. The fraction of sp³-hybridized carbons (Fsp3) is 0.192. The molecule has 0 fully saturated rings. The third-order valence-corrected chi connectivity index (χ3v) is 4.91. The van der Waals surface area contributed by atoms with Crippen LogP contribution in [-0.2, 0) is 11.3 Å². The van der Waals surface area contributed by atoms with E-state index in [-0.39, 0.29) is 17.0 Å². The highest BCUT2D eigenvalue weighted by atomic mass is 32.1. The molecule has 0 atom stereocenters. The lowest BCUT2D eigenvalue weighted by Crippen LogP contribution is -2.34. The average molecular weight is 463 g/mol. The molecule has 2 N–H and O–H groups in total. The molecule has 1 amide bonds. The maximum absolute atomic E-state index is 12.5. The van der Waals surface area contributed by atoms with Gasteiger partial charge >= 0.3 is 5.97 Å². The first-order valence-electron chi connectivity index (χ1n) is 10.7. The highest BCUT2D eigenvalue weighted by molar-refractivity contribution is 7.80. The predicted molar refractivity (Wildman–Crippen MR) is 133 cm³/mol. The Morgan fingerprint density at radius 1 is 0.879 bits per heavy atom. The molecule has 3 aromatic carbocycles. The lowest BCUT2D eigenvalue weighted by molar-refractivity contribution is 0.0499. The molecule has 3 rings (SSSR count). The monoisotopic (exact) mass is 462 g/mol. The largest absolute Gasteiger partial charge is 0.489 e. The third kappa shape index (κ3) is 7.73. The second-order valence-corrected chi connectivity index (χ2v) is 7.68. The van der Waals surface area contributed by atoms with Gasteiger partial charge in [0.05, 0.1) is 12.2 Å². The summed E-state index contributed by atoms with van der Waals surface area (Å²) in [6.07, 6.45) is 1.80. The maximum atomic E-state index is 12.5. The number of hydrogen-bond acceptors (Lipinski definition) is 5. The van der Waals surface area contributed by atoms with Crippen molar-refractivity contribution in [3.05, 3.63) is 95.6 Å². The average Bonchev–Trinajstić information content (AvgIpc) is 2.84. The Balaban J connectivity index is 1.47. The first-order valence-corrected chi connectivity index (χ1v) is 11.1. The zero-order chi connectivity index (χ0) is 23.5. The first kappa shape index (κ1) is 23.9. The van der Waals surface area contributed by atoms with Crippen LogP contribution in [-0.4, -0.2) is 23.6 Å². The van der Waals surface area contributed by atoms with Crippen molar-refractivity contribution in [1.29, 1.82) is 0 Å². The Morgan fingerprint density at radius 3 is 2.21 bits per heavy atom. The van der Waals surface area contributed by atoms with Gasteiger partial charge in [0.25, 0.3) is 5.91 Å². The molecular formula is C26H26N2O4S. The SMILES string of the molecule is CCCCOC(=O)c1ccc(NC(=S)NC(=O)c2ccc(OCc3ccccc3)cc2)cc1. The number of rotatable bonds is 9. The van der Waals surface area contributed by atoms with Crippen LogP contribution in [0.15, 0.2) is 78.9 Å². The molecule has 0 saturated heterocycles. The smallest absolute Gasteiger partial charge is 0.338 e. The molecule has 33 heavy (non-hydrogen) atoms. The van der Waals surface area contributed by atoms with E-state index in [0.717, 1.165) is 18.4 Å². The first-order chi connectivity index (χ1) is 16.0. The van der Waals surface area contributed by atoms with Crippen LogP contribution < -0.4 is 15.4 Å². The number of anilines is 1. The van der Waals surface area contributed by atoms with Crippen molar-refractivity contribution in [3.8, 4) is 5.75 Å².